The first-order valence-corrected chi connectivity index (χ1v) is 11.6. The first-order valence-electron chi connectivity index (χ1n) is 9.59. The van der Waals surface area contributed by atoms with Gasteiger partial charge in [-0.05, 0) is 36.6 Å². The van der Waals surface area contributed by atoms with Crippen molar-refractivity contribution in [1.29, 1.82) is 0 Å². The van der Waals surface area contributed by atoms with Crippen molar-refractivity contribution in [3.63, 3.8) is 0 Å². The van der Waals surface area contributed by atoms with Crippen LogP contribution in [0.1, 0.15) is 20.8 Å². The van der Waals surface area contributed by atoms with E-state index >= 15 is 0 Å². The normalized spacial score (nSPS) is 13.8. The van der Waals surface area contributed by atoms with Gasteiger partial charge in [-0.15, -0.1) is 23.1 Å². The molecule has 0 spiro atoms. The lowest BCUT2D eigenvalue weighted by Crippen LogP contribution is -2.27. The van der Waals surface area contributed by atoms with Gasteiger partial charge in [-0.2, -0.15) is 0 Å². The van der Waals surface area contributed by atoms with E-state index < -0.39 is 0 Å². The Morgan fingerprint density at radius 1 is 1.20 bits per heavy atom. The Morgan fingerprint density at radius 3 is 2.57 bits per heavy atom. The number of methoxy groups -OCH3 is 2. The van der Waals surface area contributed by atoms with Crippen LogP contribution in [0.25, 0.3) is 10.2 Å². The molecule has 0 radical (unpaired) electrons. The summed E-state index contributed by atoms with van der Waals surface area (Å²) in [5.74, 6) is 3.07. The molecule has 0 bridgehead atoms. The largest absolute Gasteiger partial charge is 0.497 e. The summed E-state index contributed by atoms with van der Waals surface area (Å²) in [6, 6.07) is 5.68. The van der Waals surface area contributed by atoms with Crippen molar-refractivity contribution in [3.8, 4) is 11.5 Å². The summed E-state index contributed by atoms with van der Waals surface area (Å²) in [4.78, 5) is 33.5. The summed E-state index contributed by atoms with van der Waals surface area (Å²) < 4.78 is 12.2. The summed E-state index contributed by atoms with van der Waals surface area (Å²) in [6.07, 6.45) is 2.19. The zero-order valence-electron chi connectivity index (χ0n) is 17.1. The molecule has 158 valence electrons. The van der Waals surface area contributed by atoms with E-state index in [1.807, 2.05) is 30.0 Å². The lowest BCUT2D eigenvalue weighted by atomic mass is 10.1. The molecular weight excluding hydrogens is 422 g/mol. The first-order chi connectivity index (χ1) is 14.5. The van der Waals surface area contributed by atoms with Crippen molar-refractivity contribution in [2.24, 2.45) is 0 Å². The number of fused-ring (bicyclic) bond motifs is 1. The van der Waals surface area contributed by atoms with Crippen molar-refractivity contribution in [1.82, 2.24) is 14.5 Å². The highest BCUT2D eigenvalue weighted by molar-refractivity contribution is 7.99. The molecule has 1 aromatic carbocycles. The predicted molar refractivity (Wildman–Crippen MR) is 120 cm³/mol. The van der Waals surface area contributed by atoms with Crippen molar-refractivity contribution < 1.29 is 14.3 Å². The van der Waals surface area contributed by atoms with Crippen LogP contribution >= 0.6 is 23.1 Å². The van der Waals surface area contributed by atoms with Crippen LogP contribution in [0.2, 0.25) is 0 Å². The molecule has 4 rings (SSSR count). The number of carbonyl (C=O) groups is 1. The molecule has 0 aliphatic carbocycles. The van der Waals surface area contributed by atoms with Crippen molar-refractivity contribution in [2.75, 3.05) is 32.4 Å². The summed E-state index contributed by atoms with van der Waals surface area (Å²) in [5.41, 5.74) is 1.62. The standard InChI is InChI=1S/C21H23N3O4S2/c1-13-17-19(30-18(13)21(26)24-6-7-29-12-24)22-11-23(20(17)25)5-4-14-8-15(27-2)10-16(9-14)28-3/h8-11H,4-7,12H2,1-3H3. The van der Waals surface area contributed by atoms with Crippen LogP contribution in [0, 0.1) is 6.92 Å². The van der Waals surface area contributed by atoms with Crippen molar-refractivity contribution in [3.05, 3.63) is 50.9 Å². The second-order valence-electron chi connectivity index (χ2n) is 7.06. The van der Waals surface area contributed by atoms with E-state index in [0.717, 1.165) is 23.4 Å². The first kappa shape index (κ1) is 20.7. The van der Waals surface area contributed by atoms with E-state index in [2.05, 4.69) is 4.98 Å². The van der Waals surface area contributed by atoms with Crippen LogP contribution in [0.3, 0.4) is 0 Å². The number of aryl methyl sites for hydroxylation is 3. The van der Waals surface area contributed by atoms with Crippen LogP contribution < -0.4 is 15.0 Å². The SMILES string of the molecule is COc1cc(CCn2cnc3sc(C(=O)N4CCSC4)c(C)c3c2=O)cc(OC)c1. The van der Waals surface area contributed by atoms with Gasteiger partial charge in [-0.1, -0.05) is 0 Å². The molecule has 9 heteroatoms. The number of thioether (sulfide) groups is 1. The number of amides is 1. The smallest absolute Gasteiger partial charge is 0.265 e. The quantitative estimate of drug-likeness (QED) is 0.580. The van der Waals surface area contributed by atoms with Crippen molar-refractivity contribution in [2.45, 2.75) is 19.9 Å². The van der Waals surface area contributed by atoms with Gasteiger partial charge in [-0.3, -0.25) is 14.2 Å². The number of hydrogen-bond acceptors (Lipinski definition) is 7. The fraction of sp³-hybridized carbons (Fsp3) is 0.381. The Hall–Kier alpha value is -2.52. The maximum absolute atomic E-state index is 13.1. The summed E-state index contributed by atoms with van der Waals surface area (Å²) in [6.45, 7) is 3.06. The Kier molecular flexibility index (Phi) is 6.01. The minimum absolute atomic E-state index is 0.00470. The molecule has 1 aliphatic rings. The van der Waals surface area contributed by atoms with Gasteiger partial charge in [0.1, 0.15) is 16.3 Å². The highest BCUT2D eigenvalue weighted by Crippen LogP contribution is 2.29. The molecule has 0 saturated carbocycles. The number of rotatable bonds is 6. The van der Waals surface area contributed by atoms with Gasteiger partial charge >= 0.3 is 0 Å². The molecule has 1 saturated heterocycles. The topological polar surface area (TPSA) is 73.7 Å². The van der Waals surface area contributed by atoms with Crippen LogP contribution in [-0.2, 0) is 13.0 Å². The molecule has 2 aromatic heterocycles. The van der Waals surface area contributed by atoms with Crippen molar-refractivity contribution >= 4 is 39.2 Å². The Bertz CT molecular complexity index is 1130. The van der Waals surface area contributed by atoms with E-state index in [-0.39, 0.29) is 11.5 Å². The van der Waals surface area contributed by atoms with Gasteiger partial charge < -0.3 is 14.4 Å². The molecule has 1 aliphatic heterocycles. The zero-order chi connectivity index (χ0) is 21.3. The minimum atomic E-state index is -0.113. The molecule has 0 N–H and O–H groups in total. The third-order valence-electron chi connectivity index (χ3n) is 5.20. The predicted octanol–water partition coefficient (Wildman–Crippen LogP) is 3.17. The molecule has 3 aromatic rings. The van der Waals surface area contributed by atoms with E-state index in [1.165, 1.54) is 11.3 Å². The van der Waals surface area contributed by atoms with Gasteiger partial charge in [0.15, 0.2) is 0 Å². The summed E-state index contributed by atoms with van der Waals surface area (Å²) >= 11 is 3.05. The Labute approximate surface area is 182 Å². The second-order valence-corrected chi connectivity index (χ2v) is 9.13. The van der Waals surface area contributed by atoms with Crippen LogP contribution in [0.4, 0.5) is 0 Å². The number of carbonyl (C=O) groups excluding carboxylic acids is 1. The van der Waals surface area contributed by atoms with Crippen LogP contribution in [0.5, 0.6) is 11.5 Å². The number of ether oxygens (including phenoxy) is 2. The van der Waals surface area contributed by atoms with Crippen LogP contribution in [0.15, 0.2) is 29.3 Å². The lowest BCUT2D eigenvalue weighted by molar-refractivity contribution is 0.0807. The average Bonchev–Trinajstić information content (AvgIpc) is 3.41. The number of hydrogen-bond donors (Lipinski definition) is 0. The minimum Gasteiger partial charge on any atom is -0.497 e. The second kappa shape index (κ2) is 8.69. The Morgan fingerprint density at radius 2 is 1.93 bits per heavy atom. The Balaban J connectivity index is 1.61. The number of benzene rings is 1. The highest BCUT2D eigenvalue weighted by atomic mass is 32.2. The number of nitrogens with zero attached hydrogens (tertiary/aromatic N) is 3. The van der Waals surface area contributed by atoms with E-state index in [1.54, 1.807) is 36.9 Å². The molecule has 3 heterocycles. The van der Waals surface area contributed by atoms with Gasteiger partial charge in [0.2, 0.25) is 0 Å². The van der Waals surface area contributed by atoms with Gasteiger partial charge in [0, 0.05) is 24.9 Å². The summed E-state index contributed by atoms with van der Waals surface area (Å²) in [7, 11) is 3.22. The number of aromatic nitrogens is 2. The molecule has 1 fully saturated rings. The fourth-order valence-electron chi connectivity index (χ4n) is 3.50. The average molecular weight is 446 g/mol. The molecule has 0 unspecified atom stereocenters. The monoisotopic (exact) mass is 445 g/mol. The fourth-order valence-corrected chi connectivity index (χ4v) is 5.55. The number of thiophene rings is 1. The molecule has 1 amide bonds. The zero-order valence-corrected chi connectivity index (χ0v) is 18.8. The van der Waals surface area contributed by atoms with E-state index in [4.69, 9.17) is 9.47 Å². The van der Waals surface area contributed by atoms with Gasteiger partial charge in [0.05, 0.1) is 36.7 Å². The molecular formula is C21H23N3O4S2. The maximum atomic E-state index is 13.1. The third kappa shape index (κ3) is 3.91. The molecule has 30 heavy (non-hydrogen) atoms. The van der Waals surface area contributed by atoms with E-state index in [0.29, 0.717) is 45.4 Å². The van der Waals surface area contributed by atoms with Gasteiger partial charge in [0.25, 0.3) is 11.5 Å². The highest BCUT2D eigenvalue weighted by Gasteiger charge is 2.25. The maximum Gasteiger partial charge on any atom is 0.265 e. The van der Waals surface area contributed by atoms with E-state index in [9.17, 15) is 9.59 Å². The molecule has 7 nitrogen and oxygen atoms in total. The third-order valence-corrected chi connectivity index (χ3v) is 7.36. The summed E-state index contributed by atoms with van der Waals surface area (Å²) in [5, 5.41) is 0.543. The van der Waals surface area contributed by atoms with Crippen LogP contribution in [-0.4, -0.2) is 52.8 Å². The lowest BCUT2D eigenvalue weighted by Gasteiger charge is -2.13. The van der Waals surface area contributed by atoms with Gasteiger partial charge in [-0.25, -0.2) is 4.98 Å². The molecule has 0 atom stereocenters.